The number of carbonyl (C=O) groups is 2. The van der Waals surface area contributed by atoms with Gasteiger partial charge in [-0.3, -0.25) is 4.79 Å². The number of esters is 1. The van der Waals surface area contributed by atoms with Crippen LogP contribution in [0.2, 0.25) is 0 Å². The van der Waals surface area contributed by atoms with Crippen molar-refractivity contribution in [2.45, 2.75) is 13.8 Å². The molecule has 0 unspecified atom stereocenters. The zero-order valence-electron chi connectivity index (χ0n) is 10.2. The van der Waals surface area contributed by atoms with E-state index in [1.807, 2.05) is 0 Å². The molecule has 96 valence electrons. The molecule has 0 aliphatic rings. The molecular formula is C13H12F2O3. The fraction of sp³-hybridized carbons (Fsp3) is 0.231. The largest absolute Gasteiger partial charge is 0.465 e. The van der Waals surface area contributed by atoms with Gasteiger partial charge in [0, 0.05) is 0 Å². The number of methoxy groups -OCH3 is 1. The molecule has 3 nitrogen and oxygen atoms in total. The first-order valence-corrected chi connectivity index (χ1v) is 5.14. The third-order valence-electron chi connectivity index (χ3n) is 2.47. The van der Waals surface area contributed by atoms with Crippen molar-refractivity contribution in [1.82, 2.24) is 0 Å². The first-order valence-electron chi connectivity index (χ1n) is 5.14. The van der Waals surface area contributed by atoms with Gasteiger partial charge in [0.25, 0.3) is 0 Å². The van der Waals surface area contributed by atoms with Crippen molar-refractivity contribution in [1.29, 1.82) is 0 Å². The lowest BCUT2D eigenvalue weighted by Crippen LogP contribution is -2.13. The van der Waals surface area contributed by atoms with Gasteiger partial charge in [-0.2, -0.15) is 0 Å². The van der Waals surface area contributed by atoms with Crippen LogP contribution in [0.25, 0.3) is 5.57 Å². The van der Waals surface area contributed by atoms with E-state index in [2.05, 4.69) is 4.74 Å². The van der Waals surface area contributed by atoms with Crippen LogP contribution >= 0.6 is 0 Å². The predicted molar refractivity (Wildman–Crippen MR) is 61.6 cm³/mol. The summed E-state index contributed by atoms with van der Waals surface area (Å²) in [5.74, 6) is -3.33. The van der Waals surface area contributed by atoms with Crippen LogP contribution in [0.3, 0.4) is 0 Å². The normalized spacial score (nSPS) is 11.8. The van der Waals surface area contributed by atoms with Gasteiger partial charge in [0.15, 0.2) is 17.4 Å². The molecule has 1 rings (SSSR count). The lowest BCUT2D eigenvalue weighted by atomic mass is 9.99. The maximum Gasteiger partial charge on any atom is 0.341 e. The highest BCUT2D eigenvalue weighted by molar-refractivity contribution is 6.21. The van der Waals surface area contributed by atoms with Gasteiger partial charge in [-0.1, -0.05) is 6.07 Å². The second-order valence-electron chi connectivity index (χ2n) is 3.68. The maximum absolute atomic E-state index is 13.1. The van der Waals surface area contributed by atoms with Crippen molar-refractivity contribution >= 4 is 17.3 Å². The summed E-state index contributed by atoms with van der Waals surface area (Å²) in [6.45, 7) is 2.68. The number of ketones is 1. The number of rotatable bonds is 3. The van der Waals surface area contributed by atoms with E-state index in [0.29, 0.717) is 0 Å². The van der Waals surface area contributed by atoms with E-state index in [-0.39, 0.29) is 16.7 Å². The Morgan fingerprint density at radius 1 is 1.11 bits per heavy atom. The van der Waals surface area contributed by atoms with Crippen LogP contribution in [0.1, 0.15) is 19.4 Å². The van der Waals surface area contributed by atoms with Gasteiger partial charge in [0.2, 0.25) is 0 Å². The van der Waals surface area contributed by atoms with Gasteiger partial charge >= 0.3 is 5.97 Å². The molecule has 0 amide bonds. The smallest absolute Gasteiger partial charge is 0.341 e. The lowest BCUT2D eigenvalue weighted by Gasteiger charge is -2.08. The number of Topliss-reactive ketones (excluding diaryl/α,β-unsaturated/α-hetero) is 1. The van der Waals surface area contributed by atoms with Gasteiger partial charge in [-0.25, -0.2) is 13.6 Å². The Kier molecular flexibility index (Phi) is 4.31. The highest BCUT2D eigenvalue weighted by Gasteiger charge is 2.19. The first kappa shape index (κ1) is 14.0. The Labute approximate surface area is 103 Å². The van der Waals surface area contributed by atoms with Crippen molar-refractivity contribution in [3.63, 3.8) is 0 Å². The molecule has 0 atom stereocenters. The van der Waals surface area contributed by atoms with Gasteiger partial charge in [0.1, 0.15) is 5.57 Å². The highest BCUT2D eigenvalue weighted by atomic mass is 19.2. The van der Waals surface area contributed by atoms with Crippen LogP contribution in [-0.2, 0) is 14.3 Å². The zero-order valence-corrected chi connectivity index (χ0v) is 10.2. The summed E-state index contributed by atoms with van der Waals surface area (Å²) in [4.78, 5) is 22.8. The molecule has 1 aromatic carbocycles. The average molecular weight is 254 g/mol. The molecule has 0 aliphatic carbocycles. The average Bonchev–Trinajstić information content (AvgIpc) is 2.32. The molecule has 0 spiro atoms. The number of hydrogen-bond acceptors (Lipinski definition) is 3. The molecule has 0 aliphatic heterocycles. The molecule has 0 saturated heterocycles. The van der Waals surface area contributed by atoms with Crippen molar-refractivity contribution in [3.05, 3.63) is 41.0 Å². The summed E-state index contributed by atoms with van der Waals surface area (Å²) < 4.78 is 30.4. The minimum absolute atomic E-state index is 0.177. The van der Waals surface area contributed by atoms with Crippen LogP contribution in [0.5, 0.6) is 0 Å². The SMILES string of the molecule is COC(=O)/C(C(C)=O)=C(/C)c1ccc(F)c(F)c1. The van der Waals surface area contributed by atoms with E-state index in [9.17, 15) is 18.4 Å². The Morgan fingerprint density at radius 2 is 1.72 bits per heavy atom. The monoisotopic (exact) mass is 254 g/mol. The molecule has 0 fully saturated rings. The van der Waals surface area contributed by atoms with E-state index in [4.69, 9.17) is 0 Å². The maximum atomic E-state index is 13.1. The zero-order chi connectivity index (χ0) is 13.9. The summed E-state index contributed by atoms with van der Waals surface area (Å²) in [7, 11) is 1.14. The van der Waals surface area contributed by atoms with Gasteiger partial charge in [0.05, 0.1) is 7.11 Å². The number of benzene rings is 1. The topological polar surface area (TPSA) is 43.4 Å². The summed E-state index contributed by atoms with van der Waals surface area (Å²) in [5, 5.41) is 0. The summed E-state index contributed by atoms with van der Waals surface area (Å²) >= 11 is 0. The summed E-state index contributed by atoms with van der Waals surface area (Å²) in [6.07, 6.45) is 0. The molecule has 0 radical (unpaired) electrons. The fourth-order valence-corrected chi connectivity index (χ4v) is 1.54. The van der Waals surface area contributed by atoms with E-state index in [0.717, 1.165) is 19.2 Å². The molecule has 0 bridgehead atoms. The Balaban J connectivity index is 3.38. The Bertz CT molecular complexity index is 533. The van der Waals surface area contributed by atoms with E-state index in [1.165, 1.54) is 19.9 Å². The highest BCUT2D eigenvalue weighted by Crippen LogP contribution is 2.21. The number of carbonyl (C=O) groups excluding carboxylic acids is 2. The second kappa shape index (κ2) is 5.53. The van der Waals surface area contributed by atoms with Crippen LogP contribution in [0.15, 0.2) is 23.8 Å². The molecule has 0 heterocycles. The quantitative estimate of drug-likeness (QED) is 0.360. The van der Waals surface area contributed by atoms with Gasteiger partial charge < -0.3 is 4.74 Å². The predicted octanol–water partition coefficient (Wildman–Crippen LogP) is 2.50. The lowest BCUT2D eigenvalue weighted by molar-refractivity contribution is -0.137. The molecule has 18 heavy (non-hydrogen) atoms. The number of allylic oxidation sites excluding steroid dienone is 1. The van der Waals surface area contributed by atoms with Crippen LogP contribution < -0.4 is 0 Å². The third-order valence-corrected chi connectivity index (χ3v) is 2.47. The van der Waals surface area contributed by atoms with Gasteiger partial charge in [-0.05, 0) is 37.1 Å². The standard InChI is InChI=1S/C13H12F2O3/c1-7(12(8(2)16)13(17)18-3)9-4-5-10(14)11(15)6-9/h4-6H,1-3H3/b12-7-. The fourth-order valence-electron chi connectivity index (χ4n) is 1.54. The van der Waals surface area contributed by atoms with Crippen molar-refractivity contribution in [2.24, 2.45) is 0 Å². The molecule has 0 saturated carbocycles. The number of ether oxygens (including phenoxy) is 1. The molecule has 0 aromatic heterocycles. The van der Waals surface area contributed by atoms with Crippen LogP contribution in [0, 0.1) is 11.6 Å². The van der Waals surface area contributed by atoms with Crippen LogP contribution in [0.4, 0.5) is 8.78 Å². The van der Waals surface area contributed by atoms with E-state index in [1.54, 1.807) is 0 Å². The molecule has 1 aromatic rings. The first-order chi connectivity index (χ1) is 8.38. The number of hydrogen-bond donors (Lipinski definition) is 0. The summed E-state index contributed by atoms with van der Waals surface area (Å²) in [5.41, 5.74) is 0.321. The van der Waals surface area contributed by atoms with Gasteiger partial charge in [-0.15, -0.1) is 0 Å². The number of halogens is 2. The van der Waals surface area contributed by atoms with Crippen molar-refractivity contribution in [2.75, 3.05) is 7.11 Å². The minimum atomic E-state index is -1.04. The minimum Gasteiger partial charge on any atom is -0.465 e. The van der Waals surface area contributed by atoms with E-state index >= 15 is 0 Å². The Morgan fingerprint density at radius 3 is 2.17 bits per heavy atom. The van der Waals surface area contributed by atoms with E-state index < -0.39 is 23.4 Å². The summed E-state index contributed by atoms with van der Waals surface area (Å²) in [6, 6.07) is 3.15. The van der Waals surface area contributed by atoms with Crippen molar-refractivity contribution in [3.8, 4) is 0 Å². The Hall–Kier alpha value is -2.04. The molecule has 0 N–H and O–H groups in total. The van der Waals surface area contributed by atoms with Crippen molar-refractivity contribution < 1.29 is 23.1 Å². The molecule has 5 heteroatoms. The third kappa shape index (κ3) is 2.80. The molecular weight excluding hydrogens is 242 g/mol. The van der Waals surface area contributed by atoms with Crippen LogP contribution in [-0.4, -0.2) is 18.9 Å². The second-order valence-corrected chi connectivity index (χ2v) is 3.68.